The molecule has 4 rings (SSSR count). The summed E-state index contributed by atoms with van der Waals surface area (Å²) >= 11 is 0. The fourth-order valence-electron chi connectivity index (χ4n) is 3.70. The highest BCUT2D eigenvalue weighted by atomic mass is 19.4. The van der Waals surface area contributed by atoms with E-state index in [4.69, 9.17) is 4.74 Å². The zero-order chi connectivity index (χ0) is 22.7. The topological polar surface area (TPSA) is 55.3 Å². The van der Waals surface area contributed by atoms with Gasteiger partial charge in [-0.05, 0) is 80.4 Å². The summed E-state index contributed by atoms with van der Waals surface area (Å²) in [5.41, 5.74) is 1.65. The summed E-state index contributed by atoms with van der Waals surface area (Å²) in [6.45, 7) is 3.18. The van der Waals surface area contributed by atoms with Crippen LogP contribution in [0, 0.1) is 6.92 Å². The number of halogens is 3. The number of carbonyl (C=O) groups excluding carboxylic acids is 1. The number of piperidine rings is 1. The van der Waals surface area contributed by atoms with Crippen LogP contribution in [0.15, 0.2) is 60.7 Å². The van der Waals surface area contributed by atoms with Gasteiger partial charge in [0, 0.05) is 24.6 Å². The predicted octanol–water partition coefficient (Wildman–Crippen LogP) is 5.62. The molecule has 5 nitrogen and oxygen atoms in total. The Bertz CT molecular complexity index is 1060. The Kier molecular flexibility index (Phi) is 6.12. The Labute approximate surface area is 183 Å². The van der Waals surface area contributed by atoms with Crippen molar-refractivity contribution < 1.29 is 22.7 Å². The maximum absolute atomic E-state index is 12.8. The Balaban J connectivity index is 1.34. The number of amides is 1. The zero-order valence-corrected chi connectivity index (χ0v) is 17.5. The molecule has 166 valence electrons. The minimum Gasteiger partial charge on any atom is -0.457 e. The Morgan fingerprint density at radius 1 is 0.906 bits per heavy atom. The molecule has 2 heterocycles. The van der Waals surface area contributed by atoms with E-state index in [0.29, 0.717) is 36.1 Å². The van der Waals surface area contributed by atoms with E-state index in [2.05, 4.69) is 10.2 Å². The van der Waals surface area contributed by atoms with Crippen molar-refractivity contribution in [1.82, 2.24) is 15.1 Å². The molecule has 1 amide bonds. The van der Waals surface area contributed by atoms with Crippen molar-refractivity contribution in [3.63, 3.8) is 0 Å². The van der Waals surface area contributed by atoms with E-state index >= 15 is 0 Å². The third-order valence-corrected chi connectivity index (χ3v) is 5.54. The van der Waals surface area contributed by atoms with E-state index in [9.17, 15) is 18.0 Å². The quantitative estimate of drug-likeness (QED) is 0.528. The normalized spacial score (nSPS) is 14.9. The number of ether oxygens (including phenoxy) is 1. The number of hydrogen-bond acceptors (Lipinski definition) is 4. The van der Waals surface area contributed by atoms with Gasteiger partial charge in [-0.2, -0.15) is 23.4 Å². The molecule has 0 aliphatic carbocycles. The molecule has 1 fully saturated rings. The number of likely N-dealkylation sites (tertiary alicyclic amines) is 1. The Morgan fingerprint density at radius 3 is 2.03 bits per heavy atom. The Hall–Kier alpha value is -3.42. The molecule has 0 radical (unpaired) electrons. The lowest BCUT2D eigenvalue weighted by atomic mass is 9.93. The van der Waals surface area contributed by atoms with Crippen LogP contribution in [-0.4, -0.2) is 34.1 Å². The summed E-state index contributed by atoms with van der Waals surface area (Å²) in [4.78, 5) is 14.7. The van der Waals surface area contributed by atoms with E-state index in [-0.39, 0.29) is 5.91 Å². The maximum atomic E-state index is 12.8. The first kappa shape index (κ1) is 21.8. The highest BCUT2D eigenvalue weighted by Crippen LogP contribution is 2.32. The van der Waals surface area contributed by atoms with Crippen LogP contribution in [-0.2, 0) is 6.18 Å². The van der Waals surface area contributed by atoms with Crippen LogP contribution in [0.1, 0.15) is 46.1 Å². The van der Waals surface area contributed by atoms with Crippen molar-refractivity contribution in [3.8, 4) is 11.5 Å². The standard InChI is InChI=1S/C24H22F3N3O2/c1-16-2-11-22(29-28-16)17-12-14-30(15-13-17)23(31)18-3-7-20(8-4-18)32-21-9-5-19(6-10-21)24(25,26)27/h2-11,17H,12-15H2,1H3. The molecule has 1 aromatic heterocycles. The number of rotatable bonds is 4. The van der Waals surface area contributed by atoms with Crippen LogP contribution in [0.5, 0.6) is 11.5 Å². The summed E-state index contributed by atoms with van der Waals surface area (Å²) in [6.07, 6.45) is -2.72. The smallest absolute Gasteiger partial charge is 0.416 e. The second-order valence-electron chi connectivity index (χ2n) is 7.81. The molecule has 1 aliphatic heterocycles. The number of aromatic nitrogens is 2. The van der Waals surface area contributed by atoms with Crippen LogP contribution in [0.25, 0.3) is 0 Å². The van der Waals surface area contributed by atoms with Gasteiger partial charge in [-0.3, -0.25) is 4.79 Å². The van der Waals surface area contributed by atoms with Gasteiger partial charge in [0.1, 0.15) is 11.5 Å². The van der Waals surface area contributed by atoms with E-state index < -0.39 is 11.7 Å². The molecule has 0 saturated carbocycles. The molecule has 32 heavy (non-hydrogen) atoms. The highest BCUT2D eigenvalue weighted by molar-refractivity contribution is 5.94. The largest absolute Gasteiger partial charge is 0.457 e. The summed E-state index contributed by atoms with van der Waals surface area (Å²) in [6, 6.07) is 15.0. The van der Waals surface area contributed by atoms with Gasteiger partial charge in [-0.25, -0.2) is 0 Å². The van der Waals surface area contributed by atoms with Gasteiger partial charge < -0.3 is 9.64 Å². The van der Waals surface area contributed by atoms with Crippen molar-refractivity contribution >= 4 is 5.91 Å². The maximum Gasteiger partial charge on any atom is 0.416 e. The summed E-state index contributed by atoms with van der Waals surface area (Å²) < 4.78 is 43.6. The summed E-state index contributed by atoms with van der Waals surface area (Å²) in [5, 5.41) is 8.38. The van der Waals surface area contributed by atoms with E-state index in [1.54, 1.807) is 24.3 Å². The first-order valence-electron chi connectivity index (χ1n) is 10.3. The summed E-state index contributed by atoms with van der Waals surface area (Å²) in [7, 11) is 0. The molecule has 0 atom stereocenters. The van der Waals surface area contributed by atoms with Crippen molar-refractivity contribution in [2.45, 2.75) is 31.9 Å². The number of nitrogens with zero attached hydrogens (tertiary/aromatic N) is 3. The number of carbonyl (C=O) groups is 1. The monoisotopic (exact) mass is 441 g/mol. The van der Waals surface area contributed by atoms with Crippen LogP contribution in [0.2, 0.25) is 0 Å². The third kappa shape index (κ3) is 5.07. The van der Waals surface area contributed by atoms with Crippen LogP contribution in [0.3, 0.4) is 0 Å². The number of alkyl halides is 3. The van der Waals surface area contributed by atoms with Gasteiger partial charge in [0.2, 0.25) is 0 Å². The minimum atomic E-state index is -4.39. The number of aryl methyl sites for hydroxylation is 1. The SMILES string of the molecule is Cc1ccc(C2CCN(C(=O)c3ccc(Oc4ccc(C(F)(F)F)cc4)cc3)CC2)nn1. The average Bonchev–Trinajstić information content (AvgIpc) is 2.80. The molecule has 1 aliphatic rings. The van der Waals surface area contributed by atoms with Gasteiger partial charge in [-0.1, -0.05) is 0 Å². The number of hydrogen-bond donors (Lipinski definition) is 0. The predicted molar refractivity (Wildman–Crippen MR) is 113 cm³/mol. The first-order chi connectivity index (χ1) is 15.3. The lowest BCUT2D eigenvalue weighted by Crippen LogP contribution is -2.38. The van der Waals surface area contributed by atoms with E-state index in [0.717, 1.165) is 36.4 Å². The van der Waals surface area contributed by atoms with Crippen LogP contribution in [0.4, 0.5) is 13.2 Å². The number of benzene rings is 2. The van der Waals surface area contributed by atoms with E-state index in [1.807, 2.05) is 24.0 Å². The molecule has 2 aromatic carbocycles. The van der Waals surface area contributed by atoms with Gasteiger partial charge >= 0.3 is 6.18 Å². The second kappa shape index (κ2) is 8.98. The van der Waals surface area contributed by atoms with Crippen molar-refractivity contribution in [2.24, 2.45) is 0 Å². The van der Waals surface area contributed by atoms with Crippen molar-refractivity contribution in [3.05, 3.63) is 83.2 Å². The highest BCUT2D eigenvalue weighted by Gasteiger charge is 2.30. The van der Waals surface area contributed by atoms with Crippen LogP contribution < -0.4 is 4.74 Å². The zero-order valence-electron chi connectivity index (χ0n) is 17.5. The summed E-state index contributed by atoms with van der Waals surface area (Å²) in [5.74, 6) is 0.975. The first-order valence-corrected chi connectivity index (χ1v) is 10.3. The lowest BCUT2D eigenvalue weighted by molar-refractivity contribution is -0.137. The molecule has 0 bridgehead atoms. The second-order valence-corrected chi connectivity index (χ2v) is 7.81. The van der Waals surface area contributed by atoms with E-state index in [1.165, 1.54) is 12.1 Å². The minimum absolute atomic E-state index is 0.0560. The molecular formula is C24H22F3N3O2. The molecule has 1 saturated heterocycles. The van der Waals surface area contributed by atoms with Crippen molar-refractivity contribution in [2.75, 3.05) is 13.1 Å². The fraction of sp³-hybridized carbons (Fsp3) is 0.292. The van der Waals surface area contributed by atoms with Crippen LogP contribution >= 0.6 is 0 Å². The molecule has 8 heteroatoms. The fourth-order valence-corrected chi connectivity index (χ4v) is 3.70. The molecule has 0 unspecified atom stereocenters. The van der Waals surface area contributed by atoms with Gasteiger partial charge in [0.25, 0.3) is 5.91 Å². The molecule has 3 aromatic rings. The third-order valence-electron chi connectivity index (χ3n) is 5.54. The lowest BCUT2D eigenvalue weighted by Gasteiger charge is -2.31. The molecule has 0 spiro atoms. The Morgan fingerprint density at radius 2 is 1.50 bits per heavy atom. The van der Waals surface area contributed by atoms with Crippen molar-refractivity contribution in [1.29, 1.82) is 0 Å². The molecule has 0 N–H and O–H groups in total. The van der Waals surface area contributed by atoms with Gasteiger partial charge in [0.05, 0.1) is 17.0 Å². The molecular weight excluding hydrogens is 419 g/mol. The average molecular weight is 441 g/mol. The van der Waals surface area contributed by atoms with Gasteiger partial charge in [0.15, 0.2) is 0 Å². The van der Waals surface area contributed by atoms with Gasteiger partial charge in [-0.15, -0.1) is 0 Å².